The van der Waals surface area contributed by atoms with E-state index in [1.807, 2.05) is 0 Å². The molecule has 1 heterocycles. The Bertz CT molecular complexity index is 792. The van der Waals surface area contributed by atoms with Crippen LogP contribution in [0.1, 0.15) is 37.0 Å². The van der Waals surface area contributed by atoms with Gasteiger partial charge in [0.1, 0.15) is 0 Å². The number of nitro benzene ring substituents is 1. The van der Waals surface area contributed by atoms with Crippen molar-refractivity contribution in [2.24, 2.45) is 5.41 Å². The molecule has 0 aliphatic carbocycles. The lowest BCUT2D eigenvalue weighted by molar-refractivity contribution is -0.384. The molecule has 0 saturated carbocycles. The zero-order valence-electron chi connectivity index (χ0n) is 13.5. The van der Waals surface area contributed by atoms with Crippen LogP contribution in [-0.2, 0) is 4.79 Å². The highest BCUT2D eigenvalue weighted by Crippen LogP contribution is 2.27. The molecule has 0 spiro atoms. The van der Waals surface area contributed by atoms with Crippen LogP contribution in [0.25, 0.3) is 10.9 Å². The molecule has 0 unspecified atom stereocenters. The molecule has 0 fully saturated rings. The van der Waals surface area contributed by atoms with Gasteiger partial charge in [0, 0.05) is 35.8 Å². The van der Waals surface area contributed by atoms with Crippen LogP contribution in [-0.4, -0.2) is 33.4 Å². The van der Waals surface area contributed by atoms with Crippen LogP contribution in [0.5, 0.6) is 0 Å². The molecule has 0 aliphatic rings. The molecule has 0 aliphatic heterocycles. The first-order valence-electron chi connectivity index (χ1n) is 7.61. The second-order valence-electron chi connectivity index (χ2n) is 5.66. The number of carboxylic acids is 1. The predicted molar refractivity (Wildman–Crippen MR) is 87.9 cm³/mol. The number of H-pyrrole nitrogens is 1. The SMILES string of the molecule is CCC(CC)(CNC(=O)c1c[nH]c2ccc([N+](=O)[O-])cc12)C(=O)O. The number of carboxylic acid groups (broad SMARTS) is 1. The van der Waals surface area contributed by atoms with Crippen molar-refractivity contribution in [1.29, 1.82) is 0 Å². The fourth-order valence-corrected chi connectivity index (χ4v) is 2.63. The summed E-state index contributed by atoms with van der Waals surface area (Å²) in [5, 5.41) is 23.4. The van der Waals surface area contributed by atoms with E-state index in [9.17, 15) is 24.8 Å². The van der Waals surface area contributed by atoms with E-state index in [4.69, 9.17) is 0 Å². The molecule has 0 atom stereocenters. The fourth-order valence-electron chi connectivity index (χ4n) is 2.63. The minimum absolute atomic E-state index is 0.00420. The van der Waals surface area contributed by atoms with E-state index in [2.05, 4.69) is 10.3 Å². The summed E-state index contributed by atoms with van der Waals surface area (Å²) in [6.07, 6.45) is 2.24. The number of aromatic nitrogens is 1. The molecule has 3 N–H and O–H groups in total. The Hall–Kier alpha value is -2.90. The van der Waals surface area contributed by atoms with Crippen molar-refractivity contribution in [1.82, 2.24) is 10.3 Å². The standard InChI is InChI=1S/C16H19N3O5/c1-3-16(4-2,15(21)22)9-18-14(20)12-8-17-13-6-5-10(19(23)24)7-11(12)13/h5-8,17H,3-4,9H2,1-2H3,(H,18,20)(H,21,22). The highest BCUT2D eigenvalue weighted by Gasteiger charge is 2.35. The Morgan fingerprint density at radius 2 is 2.00 bits per heavy atom. The molecule has 0 saturated heterocycles. The van der Waals surface area contributed by atoms with Gasteiger partial charge in [-0.1, -0.05) is 13.8 Å². The highest BCUT2D eigenvalue weighted by molar-refractivity contribution is 6.07. The Kier molecular flexibility index (Phi) is 4.87. The summed E-state index contributed by atoms with van der Waals surface area (Å²) in [5.41, 5.74) is -0.284. The van der Waals surface area contributed by atoms with Gasteiger partial charge in [-0.25, -0.2) is 0 Å². The van der Waals surface area contributed by atoms with E-state index in [1.165, 1.54) is 24.4 Å². The van der Waals surface area contributed by atoms with E-state index in [0.29, 0.717) is 23.7 Å². The number of aliphatic carboxylic acids is 1. The van der Waals surface area contributed by atoms with Gasteiger partial charge in [-0.05, 0) is 18.9 Å². The topological polar surface area (TPSA) is 125 Å². The van der Waals surface area contributed by atoms with E-state index >= 15 is 0 Å². The number of nitro groups is 1. The van der Waals surface area contributed by atoms with Gasteiger partial charge >= 0.3 is 5.97 Å². The lowest BCUT2D eigenvalue weighted by atomic mass is 9.82. The van der Waals surface area contributed by atoms with Crippen LogP contribution >= 0.6 is 0 Å². The Balaban J connectivity index is 2.27. The first kappa shape index (κ1) is 17.5. The third kappa shape index (κ3) is 3.08. The zero-order chi connectivity index (χ0) is 17.9. The van der Waals surface area contributed by atoms with E-state index in [0.717, 1.165) is 0 Å². The van der Waals surface area contributed by atoms with Crippen molar-refractivity contribution in [3.05, 3.63) is 40.1 Å². The van der Waals surface area contributed by atoms with Crippen LogP contribution in [0.15, 0.2) is 24.4 Å². The van der Waals surface area contributed by atoms with E-state index < -0.39 is 22.2 Å². The maximum absolute atomic E-state index is 12.4. The molecule has 24 heavy (non-hydrogen) atoms. The summed E-state index contributed by atoms with van der Waals surface area (Å²) in [6.45, 7) is 3.52. The smallest absolute Gasteiger partial charge is 0.311 e. The maximum Gasteiger partial charge on any atom is 0.311 e. The number of carbonyl (C=O) groups is 2. The number of nitrogens with zero attached hydrogens (tertiary/aromatic N) is 1. The summed E-state index contributed by atoms with van der Waals surface area (Å²) in [7, 11) is 0. The summed E-state index contributed by atoms with van der Waals surface area (Å²) in [6, 6.07) is 4.21. The Morgan fingerprint density at radius 1 is 1.33 bits per heavy atom. The monoisotopic (exact) mass is 333 g/mol. The van der Waals surface area contributed by atoms with Gasteiger partial charge < -0.3 is 15.4 Å². The van der Waals surface area contributed by atoms with Gasteiger partial charge in [-0.2, -0.15) is 0 Å². The quantitative estimate of drug-likeness (QED) is 0.530. The minimum atomic E-state index is -1.02. The van der Waals surface area contributed by atoms with Gasteiger partial charge in [-0.15, -0.1) is 0 Å². The van der Waals surface area contributed by atoms with Crippen molar-refractivity contribution in [2.75, 3.05) is 6.54 Å². The van der Waals surface area contributed by atoms with Crippen molar-refractivity contribution in [3.63, 3.8) is 0 Å². The van der Waals surface area contributed by atoms with Gasteiger partial charge in [0.25, 0.3) is 11.6 Å². The molecule has 0 bridgehead atoms. The highest BCUT2D eigenvalue weighted by atomic mass is 16.6. The molecular weight excluding hydrogens is 314 g/mol. The number of aromatic amines is 1. The number of non-ortho nitro benzene ring substituents is 1. The van der Waals surface area contributed by atoms with Crippen LogP contribution in [0.2, 0.25) is 0 Å². The maximum atomic E-state index is 12.4. The Labute approximate surface area is 138 Å². The summed E-state index contributed by atoms with van der Waals surface area (Å²) >= 11 is 0. The molecule has 1 aromatic carbocycles. The lowest BCUT2D eigenvalue weighted by Crippen LogP contribution is -2.42. The zero-order valence-corrected chi connectivity index (χ0v) is 13.5. The molecule has 0 radical (unpaired) electrons. The molecule has 2 rings (SSSR count). The lowest BCUT2D eigenvalue weighted by Gasteiger charge is -2.26. The Morgan fingerprint density at radius 3 is 2.54 bits per heavy atom. The summed E-state index contributed by atoms with van der Waals surface area (Å²) < 4.78 is 0. The first-order valence-corrected chi connectivity index (χ1v) is 7.61. The van der Waals surface area contributed by atoms with Crippen LogP contribution < -0.4 is 5.32 Å². The third-order valence-electron chi connectivity index (χ3n) is 4.52. The molecule has 1 aromatic heterocycles. The molecule has 8 nitrogen and oxygen atoms in total. The summed E-state index contributed by atoms with van der Waals surface area (Å²) in [5.74, 6) is -1.42. The second kappa shape index (κ2) is 6.69. The van der Waals surface area contributed by atoms with Gasteiger partial charge in [0.2, 0.25) is 0 Å². The van der Waals surface area contributed by atoms with Crippen LogP contribution in [0.4, 0.5) is 5.69 Å². The molecule has 2 aromatic rings. The van der Waals surface area contributed by atoms with E-state index in [1.54, 1.807) is 13.8 Å². The fraction of sp³-hybridized carbons (Fsp3) is 0.375. The first-order chi connectivity index (χ1) is 11.3. The van der Waals surface area contributed by atoms with Crippen LogP contribution in [0.3, 0.4) is 0 Å². The average Bonchev–Trinajstić information content (AvgIpc) is 2.98. The number of rotatable bonds is 7. The van der Waals surface area contributed by atoms with Crippen molar-refractivity contribution < 1.29 is 19.6 Å². The van der Waals surface area contributed by atoms with E-state index in [-0.39, 0.29) is 17.8 Å². The van der Waals surface area contributed by atoms with Gasteiger partial charge in [0.05, 0.1) is 15.9 Å². The normalized spacial score (nSPS) is 11.4. The number of hydrogen-bond acceptors (Lipinski definition) is 4. The number of amides is 1. The number of benzene rings is 1. The van der Waals surface area contributed by atoms with Crippen LogP contribution in [0, 0.1) is 15.5 Å². The molecule has 128 valence electrons. The minimum Gasteiger partial charge on any atom is -0.481 e. The van der Waals surface area contributed by atoms with Crippen molar-refractivity contribution >= 4 is 28.5 Å². The third-order valence-corrected chi connectivity index (χ3v) is 4.52. The second-order valence-corrected chi connectivity index (χ2v) is 5.66. The van der Waals surface area contributed by atoms with Gasteiger partial charge in [-0.3, -0.25) is 19.7 Å². The van der Waals surface area contributed by atoms with Crippen molar-refractivity contribution in [3.8, 4) is 0 Å². The summed E-state index contributed by atoms with van der Waals surface area (Å²) in [4.78, 5) is 37.1. The predicted octanol–water partition coefficient (Wildman–Crippen LogP) is 2.70. The average molecular weight is 333 g/mol. The van der Waals surface area contributed by atoms with Crippen molar-refractivity contribution in [2.45, 2.75) is 26.7 Å². The number of hydrogen-bond donors (Lipinski definition) is 3. The molecular formula is C16H19N3O5. The molecule has 8 heteroatoms. The van der Waals surface area contributed by atoms with Gasteiger partial charge in [0.15, 0.2) is 0 Å². The largest absolute Gasteiger partial charge is 0.481 e. The molecule has 1 amide bonds. The number of nitrogens with one attached hydrogen (secondary N) is 2. The number of carbonyl (C=O) groups excluding carboxylic acids is 1. The number of fused-ring (bicyclic) bond motifs is 1.